The van der Waals surface area contributed by atoms with Crippen molar-refractivity contribution >= 4 is 0 Å². The molecule has 0 amide bonds. The number of rotatable bonds is 0. The van der Waals surface area contributed by atoms with E-state index in [1.165, 1.54) is 6.92 Å². The van der Waals surface area contributed by atoms with Crippen LogP contribution < -0.4 is 0 Å². The van der Waals surface area contributed by atoms with Crippen LogP contribution in [0.2, 0.25) is 0 Å². The number of hydrogen-bond acceptors (Lipinski definition) is 4. The van der Waals surface area contributed by atoms with Gasteiger partial charge in [0, 0.05) is 6.42 Å². The quantitative estimate of drug-likeness (QED) is 0.406. The molecule has 11 heavy (non-hydrogen) atoms. The van der Waals surface area contributed by atoms with Crippen molar-refractivity contribution in [3.05, 3.63) is 6.92 Å². The minimum absolute atomic E-state index is 0. The fourth-order valence-corrected chi connectivity index (χ4v) is 1.20. The molecule has 1 saturated heterocycles. The molecule has 0 spiro atoms. The van der Waals surface area contributed by atoms with Crippen molar-refractivity contribution in [3.8, 4) is 0 Å². The maximum absolute atomic E-state index is 9.45. The molecule has 1 aliphatic heterocycles. The van der Waals surface area contributed by atoms with Crippen molar-refractivity contribution in [1.29, 1.82) is 0 Å². The summed E-state index contributed by atoms with van der Waals surface area (Å²) in [5.41, 5.74) is -1.30. The predicted octanol–water partition coefficient (Wildman–Crippen LogP) is -0.848. The van der Waals surface area contributed by atoms with Crippen LogP contribution in [0, 0.1) is 6.92 Å². The van der Waals surface area contributed by atoms with E-state index >= 15 is 0 Å². The topological polar surface area (TPSA) is 69.9 Å². The third kappa shape index (κ3) is 1.70. The van der Waals surface area contributed by atoms with Gasteiger partial charge in [0.1, 0.15) is 0 Å². The summed E-state index contributed by atoms with van der Waals surface area (Å²) in [5.74, 6) is 0. The molecule has 0 saturated carbocycles. The monoisotopic (exact) mass is 162 g/mol. The summed E-state index contributed by atoms with van der Waals surface area (Å²) in [6.45, 7) is 4.88. The maximum atomic E-state index is 9.45. The first-order chi connectivity index (χ1) is 4.93. The zero-order valence-electron chi connectivity index (χ0n) is 7.40. The first-order valence-electron chi connectivity index (χ1n) is 3.50. The molecule has 0 unspecified atom stereocenters. The number of hydrogen-bond donors (Lipinski definition) is 3. The lowest BCUT2D eigenvalue weighted by atomic mass is 9.89. The first-order valence-corrected chi connectivity index (χ1v) is 3.50. The molecule has 4 heteroatoms. The van der Waals surface area contributed by atoms with E-state index in [1.54, 1.807) is 0 Å². The Labute approximate surface area is 66.9 Å². The Morgan fingerprint density at radius 3 is 2.64 bits per heavy atom. The highest BCUT2D eigenvalue weighted by Crippen LogP contribution is 2.27. The normalized spacial score (nSPS) is 52.6. The van der Waals surface area contributed by atoms with E-state index in [4.69, 9.17) is 9.84 Å². The maximum Gasteiger partial charge on any atom is 1.00 e. The van der Waals surface area contributed by atoms with E-state index in [0.29, 0.717) is 0 Å². The number of ether oxygens (including phenoxy) is 1. The van der Waals surface area contributed by atoms with Crippen LogP contribution in [-0.4, -0.2) is 39.4 Å². The van der Waals surface area contributed by atoms with Crippen LogP contribution in [0.3, 0.4) is 0 Å². The van der Waals surface area contributed by atoms with Gasteiger partial charge in [-0.1, -0.05) is 0 Å². The van der Waals surface area contributed by atoms with Crippen LogP contribution >= 0.6 is 0 Å². The minimum Gasteiger partial charge on any atom is -0.390 e. The Morgan fingerprint density at radius 2 is 2.18 bits per heavy atom. The summed E-state index contributed by atoms with van der Waals surface area (Å²) in [5, 5.41) is 27.7. The molecule has 66 valence electrons. The molecular weight excluding hydrogens is 148 g/mol. The van der Waals surface area contributed by atoms with Crippen molar-refractivity contribution in [3.63, 3.8) is 0 Å². The summed E-state index contributed by atoms with van der Waals surface area (Å²) in [6.07, 6.45) is -2.82. The van der Waals surface area contributed by atoms with E-state index in [0.717, 1.165) is 0 Å². The van der Waals surface area contributed by atoms with E-state index in [2.05, 4.69) is 6.92 Å². The SMILES string of the molecule is [CH2-][C@H]1O[C@@H](O)C[C@](C)(O)[C@@H]1O.[H+]. The Kier molecular flexibility index (Phi) is 2.20. The standard InChI is InChI=1S/C7H13O4/c1-4-6(9)7(2,10)3-5(8)11-4/h4-6,8-10H,1,3H2,2H3/q-1/p+1/t4-,5-,6-,7+/m1/s1. The molecule has 0 aromatic carbocycles. The Bertz CT molecular complexity index is 150. The molecule has 0 aliphatic carbocycles. The van der Waals surface area contributed by atoms with Gasteiger partial charge in [-0.15, -0.1) is 0 Å². The van der Waals surface area contributed by atoms with Gasteiger partial charge in [0.05, 0.1) is 11.7 Å². The Hall–Kier alpha value is -0.160. The number of aliphatic hydroxyl groups is 3. The van der Waals surface area contributed by atoms with E-state index in [1.807, 2.05) is 0 Å². The summed E-state index contributed by atoms with van der Waals surface area (Å²) < 4.78 is 4.77. The molecule has 0 bridgehead atoms. The van der Waals surface area contributed by atoms with Gasteiger partial charge in [-0.25, -0.2) is 0 Å². The molecule has 0 radical (unpaired) electrons. The van der Waals surface area contributed by atoms with Crippen molar-refractivity contribution in [1.82, 2.24) is 0 Å². The highest BCUT2D eigenvalue weighted by Gasteiger charge is 2.39. The second kappa shape index (κ2) is 2.71. The van der Waals surface area contributed by atoms with Crippen molar-refractivity contribution < 1.29 is 21.5 Å². The fourth-order valence-electron chi connectivity index (χ4n) is 1.20. The van der Waals surface area contributed by atoms with Gasteiger partial charge in [0.25, 0.3) is 0 Å². The molecule has 1 fully saturated rings. The molecule has 1 aliphatic rings. The predicted molar refractivity (Wildman–Crippen MR) is 38.6 cm³/mol. The summed E-state index contributed by atoms with van der Waals surface area (Å²) in [6, 6.07) is 0. The molecule has 3 N–H and O–H groups in total. The smallest absolute Gasteiger partial charge is 0.390 e. The molecule has 1 rings (SSSR count). The molecular formula is C7H14O4. The lowest BCUT2D eigenvalue weighted by molar-refractivity contribution is -0.250. The van der Waals surface area contributed by atoms with E-state index in [-0.39, 0.29) is 7.85 Å². The second-order valence-corrected chi connectivity index (χ2v) is 3.14. The average molecular weight is 162 g/mol. The fraction of sp³-hybridized carbons (Fsp3) is 0.857. The van der Waals surface area contributed by atoms with Gasteiger partial charge in [0.15, 0.2) is 6.29 Å². The van der Waals surface area contributed by atoms with E-state index in [9.17, 15) is 10.2 Å². The Morgan fingerprint density at radius 1 is 1.64 bits per heavy atom. The van der Waals surface area contributed by atoms with Crippen molar-refractivity contribution in [2.24, 2.45) is 0 Å². The lowest BCUT2D eigenvalue weighted by Crippen LogP contribution is -2.54. The molecule has 0 aromatic heterocycles. The second-order valence-electron chi connectivity index (χ2n) is 3.14. The third-order valence-electron chi connectivity index (χ3n) is 1.91. The Balaban J connectivity index is 0.00000121. The first kappa shape index (κ1) is 8.93. The van der Waals surface area contributed by atoms with Crippen molar-refractivity contribution in [2.75, 3.05) is 0 Å². The van der Waals surface area contributed by atoms with Gasteiger partial charge >= 0.3 is 1.43 Å². The largest absolute Gasteiger partial charge is 1.00 e. The van der Waals surface area contributed by atoms with E-state index < -0.39 is 24.1 Å². The number of aliphatic hydroxyl groups excluding tert-OH is 2. The van der Waals surface area contributed by atoms with Gasteiger partial charge in [0.2, 0.25) is 0 Å². The van der Waals surface area contributed by atoms with Crippen LogP contribution in [0.25, 0.3) is 0 Å². The van der Waals surface area contributed by atoms with Crippen LogP contribution in [-0.2, 0) is 4.74 Å². The highest BCUT2D eigenvalue weighted by molar-refractivity contribution is 4.93. The minimum atomic E-state index is -1.30. The molecule has 4 nitrogen and oxygen atoms in total. The third-order valence-corrected chi connectivity index (χ3v) is 1.91. The van der Waals surface area contributed by atoms with Crippen molar-refractivity contribution in [2.45, 2.75) is 37.4 Å². The highest BCUT2D eigenvalue weighted by atomic mass is 16.6. The summed E-state index contributed by atoms with van der Waals surface area (Å²) in [7, 11) is 0. The molecule has 0 aromatic rings. The molecule has 4 atom stereocenters. The van der Waals surface area contributed by atoms with Gasteiger partial charge in [-0.2, -0.15) is 0 Å². The van der Waals surface area contributed by atoms with Crippen LogP contribution in [0.5, 0.6) is 0 Å². The average Bonchev–Trinajstić information content (AvgIpc) is 1.81. The van der Waals surface area contributed by atoms with Crippen LogP contribution in [0.1, 0.15) is 14.8 Å². The van der Waals surface area contributed by atoms with Gasteiger partial charge < -0.3 is 27.0 Å². The lowest BCUT2D eigenvalue weighted by Gasteiger charge is -2.43. The zero-order chi connectivity index (χ0) is 8.65. The summed E-state index contributed by atoms with van der Waals surface area (Å²) >= 11 is 0. The zero-order valence-corrected chi connectivity index (χ0v) is 6.40. The van der Waals surface area contributed by atoms with Gasteiger partial charge in [-0.05, 0) is 13.0 Å². The van der Waals surface area contributed by atoms with Crippen LogP contribution in [0.15, 0.2) is 0 Å². The van der Waals surface area contributed by atoms with Gasteiger partial charge in [-0.3, -0.25) is 0 Å². The van der Waals surface area contributed by atoms with Crippen LogP contribution in [0.4, 0.5) is 0 Å². The summed E-state index contributed by atoms with van der Waals surface area (Å²) in [4.78, 5) is 0. The molecule has 1 heterocycles.